The first-order valence-corrected chi connectivity index (χ1v) is 9.55. The molecule has 28 heavy (non-hydrogen) atoms. The van der Waals surface area contributed by atoms with Crippen LogP contribution in [0.2, 0.25) is 5.02 Å². The minimum Gasteiger partial charge on any atom is -0.488 e. The Bertz CT molecular complexity index is 1090. The third-order valence-corrected chi connectivity index (χ3v) is 4.89. The predicted molar refractivity (Wildman–Crippen MR) is 115 cm³/mol. The van der Waals surface area contributed by atoms with E-state index in [1.165, 1.54) is 0 Å². The lowest BCUT2D eigenvalue weighted by Crippen LogP contribution is -1.96. The number of hydrogen-bond donors (Lipinski definition) is 0. The van der Waals surface area contributed by atoms with E-state index in [1.54, 1.807) is 30.3 Å². The minimum atomic E-state index is 0.430. The van der Waals surface area contributed by atoms with Crippen molar-refractivity contribution in [2.45, 2.75) is 6.61 Å². The first-order valence-electron chi connectivity index (χ1n) is 8.38. The molecule has 0 amide bonds. The maximum Gasteiger partial charge on any atom is 0.134 e. The summed E-state index contributed by atoms with van der Waals surface area (Å²) in [6.07, 6.45) is 1.80. The van der Waals surface area contributed by atoms with E-state index in [2.05, 4.69) is 28.1 Å². The molecule has 5 heteroatoms. The monoisotopic (exact) mass is 448 g/mol. The molecule has 3 aromatic carbocycles. The lowest BCUT2D eigenvalue weighted by Gasteiger charge is -2.09. The van der Waals surface area contributed by atoms with Gasteiger partial charge in [0, 0.05) is 5.02 Å². The molecule has 0 saturated heterocycles. The van der Waals surface area contributed by atoms with E-state index in [1.807, 2.05) is 42.5 Å². The molecule has 3 rings (SSSR count). The highest BCUT2D eigenvalue weighted by Gasteiger charge is 2.06. The fourth-order valence-corrected chi connectivity index (χ4v) is 3.17. The van der Waals surface area contributed by atoms with Crippen molar-refractivity contribution < 1.29 is 4.74 Å². The molecule has 0 saturated carbocycles. The molecule has 0 N–H and O–H groups in total. The van der Waals surface area contributed by atoms with Crippen LogP contribution < -0.4 is 4.74 Å². The van der Waals surface area contributed by atoms with Crippen LogP contribution in [0.25, 0.3) is 11.6 Å². The minimum absolute atomic E-state index is 0.430. The van der Waals surface area contributed by atoms with Crippen molar-refractivity contribution in [3.63, 3.8) is 0 Å². The molecule has 136 valence electrons. The van der Waals surface area contributed by atoms with Crippen LogP contribution in [0.3, 0.4) is 0 Å². The molecular formula is C23H14BrClN2O. The molecule has 3 nitrogen and oxygen atoms in total. The fourth-order valence-electron chi connectivity index (χ4n) is 2.54. The molecule has 0 fully saturated rings. The summed E-state index contributed by atoms with van der Waals surface area (Å²) in [6, 6.07) is 24.4. The Morgan fingerprint density at radius 2 is 1.71 bits per heavy atom. The maximum atomic E-state index is 9.49. The topological polar surface area (TPSA) is 56.8 Å². The zero-order valence-corrected chi connectivity index (χ0v) is 17.0. The van der Waals surface area contributed by atoms with Crippen LogP contribution in [-0.4, -0.2) is 0 Å². The predicted octanol–water partition coefficient (Wildman–Crippen LogP) is 6.62. The third kappa shape index (κ3) is 5.02. The van der Waals surface area contributed by atoms with E-state index < -0.39 is 0 Å². The lowest BCUT2D eigenvalue weighted by molar-refractivity contribution is 0.304. The van der Waals surface area contributed by atoms with Gasteiger partial charge >= 0.3 is 0 Å². The van der Waals surface area contributed by atoms with Gasteiger partial charge in [-0.2, -0.15) is 10.5 Å². The molecule has 0 atom stereocenters. The molecule has 0 aliphatic carbocycles. The Hall–Kier alpha value is -3.05. The van der Waals surface area contributed by atoms with Crippen LogP contribution in [0.15, 0.2) is 71.2 Å². The number of benzene rings is 3. The van der Waals surface area contributed by atoms with Crippen molar-refractivity contribution in [1.29, 1.82) is 10.5 Å². The van der Waals surface area contributed by atoms with E-state index in [-0.39, 0.29) is 0 Å². The van der Waals surface area contributed by atoms with E-state index in [0.29, 0.717) is 28.5 Å². The average molecular weight is 450 g/mol. The van der Waals surface area contributed by atoms with Gasteiger partial charge in [-0.1, -0.05) is 41.9 Å². The smallest absolute Gasteiger partial charge is 0.134 e. The van der Waals surface area contributed by atoms with Gasteiger partial charge in [-0.3, -0.25) is 0 Å². The first-order chi connectivity index (χ1) is 13.6. The van der Waals surface area contributed by atoms with Gasteiger partial charge in [0.25, 0.3) is 0 Å². The summed E-state index contributed by atoms with van der Waals surface area (Å²) in [5, 5.41) is 19.1. The van der Waals surface area contributed by atoms with Crippen molar-refractivity contribution in [3.8, 4) is 17.9 Å². The molecule has 0 heterocycles. The van der Waals surface area contributed by atoms with Crippen molar-refractivity contribution in [2.24, 2.45) is 0 Å². The normalized spacial score (nSPS) is 10.8. The Balaban J connectivity index is 1.76. The van der Waals surface area contributed by atoms with E-state index in [4.69, 9.17) is 21.6 Å². The van der Waals surface area contributed by atoms with Gasteiger partial charge in [-0.25, -0.2) is 0 Å². The summed E-state index contributed by atoms with van der Waals surface area (Å²) >= 11 is 9.42. The van der Waals surface area contributed by atoms with Crippen LogP contribution in [0.1, 0.15) is 22.3 Å². The summed E-state index contributed by atoms with van der Waals surface area (Å²) in [4.78, 5) is 0. The van der Waals surface area contributed by atoms with E-state index in [0.717, 1.165) is 21.2 Å². The fraction of sp³-hybridized carbons (Fsp3) is 0.0435. The summed E-state index contributed by atoms with van der Waals surface area (Å²) < 4.78 is 6.65. The summed E-state index contributed by atoms with van der Waals surface area (Å²) in [5.74, 6) is 0.712. The number of ether oxygens (including phenoxy) is 1. The molecule has 3 aromatic rings. The zero-order valence-electron chi connectivity index (χ0n) is 14.7. The molecule has 0 bridgehead atoms. The Labute approximate surface area is 177 Å². The Morgan fingerprint density at radius 3 is 2.32 bits per heavy atom. The molecule has 0 unspecified atom stereocenters. The highest BCUT2D eigenvalue weighted by atomic mass is 79.9. The summed E-state index contributed by atoms with van der Waals surface area (Å²) in [6.45, 7) is 0.430. The lowest BCUT2D eigenvalue weighted by atomic mass is 10.0. The van der Waals surface area contributed by atoms with Crippen molar-refractivity contribution in [2.75, 3.05) is 0 Å². The van der Waals surface area contributed by atoms with Gasteiger partial charge in [0.05, 0.1) is 27.7 Å². The van der Waals surface area contributed by atoms with Gasteiger partial charge in [-0.05, 0) is 75.1 Å². The van der Waals surface area contributed by atoms with Gasteiger partial charge in [0.15, 0.2) is 0 Å². The second-order valence-corrected chi connectivity index (χ2v) is 7.25. The standard InChI is InChI=1S/C23H14BrClN2O/c24-22-12-18(11-20(14-27)19-6-1-16(13-26)2-7-19)5-10-23(22)28-15-17-3-8-21(25)9-4-17/h1-12H,15H2/b20-11-. The van der Waals surface area contributed by atoms with Gasteiger partial charge in [0.1, 0.15) is 12.4 Å². The Morgan fingerprint density at radius 1 is 1.00 bits per heavy atom. The third-order valence-electron chi connectivity index (χ3n) is 4.02. The van der Waals surface area contributed by atoms with Crippen LogP contribution in [-0.2, 0) is 6.61 Å². The summed E-state index contributed by atoms with van der Waals surface area (Å²) in [7, 11) is 0. The van der Waals surface area contributed by atoms with Crippen molar-refractivity contribution in [1.82, 2.24) is 0 Å². The van der Waals surface area contributed by atoms with Crippen molar-refractivity contribution in [3.05, 3.63) is 98.5 Å². The Kier molecular flexibility index (Phi) is 6.50. The van der Waals surface area contributed by atoms with Gasteiger partial charge < -0.3 is 4.74 Å². The van der Waals surface area contributed by atoms with Crippen LogP contribution in [0.4, 0.5) is 0 Å². The largest absolute Gasteiger partial charge is 0.488 e. The van der Waals surface area contributed by atoms with Crippen molar-refractivity contribution >= 4 is 39.2 Å². The first kappa shape index (κ1) is 19.7. The van der Waals surface area contributed by atoms with E-state index in [9.17, 15) is 5.26 Å². The quantitative estimate of drug-likeness (QED) is 0.325. The number of halogens is 2. The SMILES string of the molecule is N#C/C(=C/c1ccc(OCc2ccc(Cl)cc2)c(Br)c1)c1ccc(C#N)cc1. The molecule has 0 aliphatic heterocycles. The highest BCUT2D eigenvalue weighted by Crippen LogP contribution is 2.29. The second-order valence-electron chi connectivity index (χ2n) is 5.96. The van der Waals surface area contributed by atoms with Crippen LogP contribution in [0.5, 0.6) is 5.75 Å². The molecule has 0 aliphatic rings. The second kappa shape index (κ2) is 9.24. The van der Waals surface area contributed by atoms with Crippen LogP contribution >= 0.6 is 27.5 Å². The van der Waals surface area contributed by atoms with E-state index >= 15 is 0 Å². The molecule has 0 spiro atoms. The maximum absolute atomic E-state index is 9.49. The number of nitrogens with zero attached hydrogens (tertiary/aromatic N) is 2. The van der Waals surface area contributed by atoms with Crippen LogP contribution in [0, 0.1) is 22.7 Å². The molecule has 0 aromatic heterocycles. The van der Waals surface area contributed by atoms with Gasteiger partial charge in [0.2, 0.25) is 0 Å². The average Bonchev–Trinajstić information content (AvgIpc) is 2.72. The molecular weight excluding hydrogens is 436 g/mol. The number of nitriles is 2. The van der Waals surface area contributed by atoms with Gasteiger partial charge in [-0.15, -0.1) is 0 Å². The number of hydrogen-bond acceptors (Lipinski definition) is 3. The number of rotatable bonds is 5. The highest BCUT2D eigenvalue weighted by molar-refractivity contribution is 9.10. The molecule has 0 radical (unpaired) electrons. The summed E-state index contributed by atoms with van der Waals surface area (Å²) in [5.41, 5.74) is 3.73. The number of allylic oxidation sites excluding steroid dienone is 1. The zero-order chi connectivity index (χ0) is 19.9.